The first-order chi connectivity index (χ1) is 6.93. The average molecular weight is 215 g/mol. The van der Waals surface area contributed by atoms with Gasteiger partial charge in [0, 0.05) is 19.5 Å². The summed E-state index contributed by atoms with van der Waals surface area (Å²) < 4.78 is 0. The van der Waals surface area contributed by atoms with Crippen LogP contribution in [0.3, 0.4) is 0 Å². The van der Waals surface area contributed by atoms with Crippen LogP contribution in [0.4, 0.5) is 0 Å². The zero-order valence-corrected chi connectivity index (χ0v) is 9.67. The van der Waals surface area contributed by atoms with Crippen molar-refractivity contribution in [2.45, 2.75) is 33.2 Å². The van der Waals surface area contributed by atoms with Gasteiger partial charge in [0.15, 0.2) is 0 Å². The summed E-state index contributed by atoms with van der Waals surface area (Å²) in [5.74, 6) is 0.0388. The van der Waals surface area contributed by atoms with Gasteiger partial charge in [-0.15, -0.1) is 0 Å². The molecule has 0 aliphatic carbocycles. The lowest BCUT2D eigenvalue weighted by atomic mass is 10.2. The summed E-state index contributed by atoms with van der Waals surface area (Å²) in [4.78, 5) is 21.9. The van der Waals surface area contributed by atoms with E-state index >= 15 is 0 Å². The van der Waals surface area contributed by atoms with Crippen molar-refractivity contribution < 1.29 is 9.59 Å². The van der Waals surface area contributed by atoms with Crippen LogP contribution in [0.15, 0.2) is 0 Å². The van der Waals surface area contributed by atoms with E-state index in [1.807, 2.05) is 13.8 Å². The van der Waals surface area contributed by atoms with Gasteiger partial charge in [-0.25, -0.2) is 0 Å². The van der Waals surface area contributed by atoms with Gasteiger partial charge in [0.2, 0.25) is 11.8 Å². The molecule has 0 saturated carbocycles. The van der Waals surface area contributed by atoms with E-state index in [9.17, 15) is 9.59 Å². The number of carbonyl (C=O) groups excluding carboxylic acids is 2. The predicted octanol–water partition coefficient (Wildman–Crippen LogP) is -0.388. The molecule has 1 atom stereocenters. The third-order valence-corrected chi connectivity index (χ3v) is 1.94. The Bertz CT molecular complexity index is 217. The van der Waals surface area contributed by atoms with Crippen LogP contribution in [0, 0.1) is 5.92 Å². The molecule has 0 bridgehead atoms. The van der Waals surface area contributed by atoms with Crippen molar-refractivity contribution in [3.63, 3.8) is 0 Å². The molecule has 2 amide bonds. The lowest BCUT2D eigenvalue weighted by Crippen LogP contribution is -2.40. The van der Waals surface area contributed by atoms with Gasteiger partial charge in [-0.1, -0.05) is 13.8 Å². The molecule has 0 aliphatic heterocycles. The van der Waals surface area contributed by atoms with Crippen molar-refractivity contribution >= 4 is 11.8 Å². The number of nitrogens with two attached hydrogens (primary N) is 1. The van der Waals surface area contributed by atoms with Gasteiger partial charge in [-0.3, -0.25) is 9.59 Å². The third-order valence-electron chi connectivity index (χ3n) is 1.94. The van der Waals surface area contributed by atoms with Crippen LogP contribution in [0.5, 0.6) is 0 Å². The molecule has 0 aliphatic rings. The zero-order chi connectivity index (χ0) is 11.8. The highest BCUT2D eigenvalue weighted by Crippen LogP contribution is 1.88. The van der Waals surface area contributed by atoms with E-state index in [0.29, 0.717) is 25.4 Å². The van der Waals surface area contributed by atoms with E-state index < -0.39 is 5.91 Å². The van der Waals surface area contributed by atoms with Gasteiger partial charge in [-0.2, -0.15) is 0 Å². The Morgan fingerprint density at radius 2 is 1.87 bits per heavy atom. The molecule has 0 heterocycles. The minimum Gasteiger partial charge on any atom is -0.368 e. The number of amides is 2. The van der Waals surface area contributed by atoms with Crippen LogP contribution in [0.2, 0.25) is 0 Å². The largest absolute Gasteiger partial charge is 0.368 e. The molecule has 0 aromatic heterocycles. The van der Waals surface area contributed by atoms with Crippen molar-refractivity contribution in [1.29, 1.82) is 0 Å². The number of nitrogens with one attached hydrogen (secondary N) is 2. The lowest BCUT2D eigenvalue weighted by Gasteiger charge is -2.10. The van der Waals surface area contributed by atoms with Crippen LogP contribution < -0.4 is 16.4 Å². The molecular formula is C10H21N3O2. The third kappa shape index (κ3) is 7.93. The van der Waals surface area contributed by atoms with E-state index in [1.165, 1.54) is 0 Å². The maximum atomic E-state index is 11.2. The Kier molecular flexibility index (Phi) is 6.70. The zero-order valence-electron chi connectivity index (χ0n) is 9.67. The Morgan fingerprint density at radius 1 is 1.27 bits per heavy atom. The maximum Gasteiger partial charge on any atom is 0.234 e. The molecule has 1 unspecified atom stereocenters. The van der Waals surface area contributed by atoms with Crippen LogP contribution >= 0.6 is 0 Å². The molecule has 5 nitrogen and oxygen atoms in total. The fourth-order valence-electron chi connectivity index (χ4n) is 0.909. The van der Waals surface area contributed by atoms with Crippen LogP contribution in [0.1, 0.15) is 27.2 Å². The highest BCUT2D eigenvalue weighted by molar-refractivity contribution is 5.79. The van der Waals surface area contributed by atoms with Crippen molar-refractivity contribution in [2.75, 3.05) is 13.1 Å². The summed E-state index contributed by atoms with van der Waals surface area (Å²) >= 11 is 0. The fraction of sp³-hybridized carbons (Fsp3) is 0.800. The second-order valence-electron chi connectivity index (χ2n) is 4.03. The Labute approximate surface area is 90.8 Å². The van der Waals surface area contributed by atoms with Gasteiger partial charge in [0.25, 0.3) is 0 Å². The predicted molar refractivity (Wildman–Crippen MR) is 59.1 cm³/mol. The average Bonchev–Trinajstić information content (AvgIpc) is 2.14. The quantitative estimate of drug-likeness (QED) is 0.541. The first kappa shape index (κ1) is 13.9. The first-order valence-electron chi connectivity index (χ1n) is 5.23. The molecule has 0 aromatic rings. The number of hydrogen-bond acceptors (Lipinski definition) is 3. The molecule has 15 heavy (non-hydrogen) atoms. The van der Waals surface area contributed by atoms with Crippen molar-refractivity contribution in [3.05, 3.63) is 0 Å². The maximum absolute atomic E-state index is 11.2. The van der Waals surface area contributed by atoms with Gasteiger partial charge >= 0.3 is 0 Å². The molecule has 88 valence electrons. The molecule has 0 saturated heterocycles. The number of primary amides is 1. The van der Waals surface area contributed by atoms with Crippen LogP contribution in [0.25, 0.3) is 0 Å². The highest BCUT2D eigenvalue weighted by atomic mass is 16.2. The van der Waals surface area contributed by atoms with Crippen molar-refractivity contribution in [2.24, 2.45) is 11.7 Å². The SMILES string of the molecule is CC(C)CNC(=O)CCNC(C)C(N)=O. The second kappa shape index (κ2) is 7.23. The normalized spacial score (nSPS) is 12.5. The second-order valence-corrected chi connectivity index (χ2v) is 4.03. The molecule has 5 heteroatoms. The molecular weight excluding hydrogens is 194 g/mol. The van der Waals surface area contributed by atoms with Gasteiger partial charge in [-0.05, 0) is 12.8 Å². The lowest BCUT2D eigenvalue weighted by molar-refractivity contribution is -0.122. The Morgan fingerprint density at radius 3 is 2.33 bits per heavy atom. The summed E-state index contributed by atoms with van der Waals surface area (Å²) in [5, 5.41) is 5.66. The van der Waals surface area contributed by atoms with Gasteiger partial charge in [0.05, 0.1) is 6.04 Å². The molecule has 0 rings (SSSR count). The molecule has 0 fully saturated rings. The van der Waals surface area contributed by atoms with E-state index in [-0.39, 0.29) is 11.9 Å². The van der Waals surface area contributed by atoms with Gasteiger partial charge < -0.3 is 16.4 Å². The highest BCUT2D eigenvalue weighted by Gasteiger charge is 2.08. The van der Waals surface area contributed by atoms with E-state index in [2.05, 4.69) is 10.6 Å². The minimum atomic E-state index is -0.405. The van der Waals surface area contributed by atoms with E-state index in [4.69, 9.17) is 5.73 Å². The number of rotatable bonds is 7. The summed E-state index contributed by atoms with van der Waals surface area (Å²) in [6, 6.07) is -0.386. The van der Waals surface area contributed by atoms with Gasteiger partial charge in [0.1, 0.15) is 0 Å². The smallest absolute Gasteiger partial charge is 0.234 e. The van der Waals surface area contributed by atoms with Crippen LogP contribution in [-0.2, 0) is 9.59 Å². The minimum absolute atomic E-state index is 0.00660. The summed E-state index contributed by atoms with van der Waals surface area (Å²) in [7, 11) is 0. The molecule has 0 spiro atoms. The summed E-state index contributed by atoms with van der Waals surface area (Å²) in [6.45, 7) is 6.90. The Balaban J connectivity index is 3.51. The Hall–Kier alpha value is -1.10. The van der Waals surface area contributed by atoms with E-state index in [1.54, 1.807) is 6.92 Å². The summed E-state index contributed by atoms with van der Waals surface area (Å²) in [6.07, 6.45) is 0.365. The summed E-state index contributed by atoms with van der Waals surface area (Å²) in [5.41, 5.74) is 5.05. The van der Waals surface area contributed by atoms with Crippen molar-refractivity contribution in [3.8, 4) is 0 Å². The van der Waals surface area contributed by atoms with Crippen molar-refractivity contribution in [1.82, 2.24) is 10.6 Å². The monoisotopic (exact) mass is 215 g/mol. The molecule has 0 radical (unpaired) electrons. The topological polar surface area (TPSA) is 84.2 Å². The fourth-order valence-corrected chi connectivity index (χ4v) is 0.909. The van der Waals surface area contributed by atoms with E-state index in [0.717, 1.165) is 0 Å². The van der Waals surface area contributed by atoms with Crippen LogP contribution in [-0.4, -0.2) is 30.9 Å². The first-order valence-corrected chi connectivity index (χ1v) is 5.23. The molecule has 4 N–H and O–H groups in total. The molecule has 0 aromatic carbocycles. The number of hydrogen-bond donors (Lipinski definition) is 3. The number of carbonyl (C=O) groups is 2. The standard InChI is InChI=1S/C10H21N3O2/c1-7(2)6-13-9(14)4-5-12-8(3)10(11)15/h7-8,12H,4-6H2,1-3H3,(H2,11,15)(H,13,14).